The lowest BCUT2D eigenvalue weighted by Gasteiger charge is -2.18. The average Bonchev–Trinajstić information content (AvgIpc) is 3.44. The van der Waals surface area contributed by atoms with Crippen molar-refractivity contribution in [3.05, 3.63) is 36.7 Å². The highest BCUT2D eigenvalue weighted by atomic mass is 32.2. The number of anilines is 2. The summed E-state index contributed by atoms with van der Waals surface area (Å²) < 4.78 is 7.31. The fourth-order valence-corrected chi connectivity index (χ4v) is 3.54. The summed E-state index contributed by atoms with van der Waals surface area (Å²) in [5, 5.41) is 5.18. The first-order chi connectivity index (χ1) is 14.2. The first-order valence-corrected chi connectivity index (χ1v) is 10.6. The molecule has 0 unspecified atom stereocenters. The third-order valence-electron chi connectivity index (χ3n) is 4.39. The minimum absolute atomic E-state index is 0.477. The van der Waals surface area contributed by atoms with E-state index in [1.165, 1.54) is 11.8 Å². The van der Waals surface area contributed by atoms with Crippen LogP contribution in [0.4, 0.5) is 11.9 Å². The maximum atomic E-state index is 5.71. The second-order valence-electron chi connectivity index (χ2n) is 6.81. The van der Waals surface area contributed by atoms with Gasteiger partial charge < -0.3 is 14.5 Å². The third kappa shape index (κ3) is 4.94. The molecule has 0 spiro atoms. The highest BCUT2D eigenvalue weighted by Gasteiger charge is 2.19. The smallest absolute Gasteiger partial charge is 0.258 e. The number of para-hydroxylation sites is 1. The maximum Gasteiger partial charge on any atom is 0.258 e. The summed E-state index contributed by atoms with van der Waals surface area (Å²) in [5.74, 6) is 3.39. The third-order valence-corrected chi connectivity index (χ3v) is 5.21. The number of aromatic nitrogens is 6. The zero-order valence-corrected chi connectivity index (χ0v) is 17.4. The number of nitrogens with zero attached hydrogens (tertiary/aromatic N) is 8. The van der Waals surface area contributed by atoms with Crippen LogP contribution in [0, 0.1) is 0 Å². The number of rotatable bonds is 8. The fraction of sp³-hybridized carbons (Fsp3) is 0.421. The molecule has 3 heterocycles. The summed E-state index contributed by atoms with van der Waals surface area (Å²) in [6.07, 6.45) is 3.96. The Morgan fingerprint density at radius 2 is 1.79 bits per heavy atom. The number of benzene rings is 1. The van der Waals surface area contributed by atoms with Gasteiger partial charge in [0.1, 0.15) is 12.1 Å². The molecule has 1 aliphatic rings. The van der Waals surface area contributed by atoms with E-state index in [0.29, 0.717) is 29.6 Å². The molecular weight excluding hydrogens is 388 g/mol. The maximum absolute atomic E-state index is 5.71. The van der Waals surface area contributed by atoms with Crippen LogP contribution in [0.3, 0.4) is 0 Å². The molecule has 0 radical (unpaired) electrons. The van der Waals surface area contributed by atoms with Crippen molar-refractivity contribution in [3.8, 4) is 11.7 Å². The zero-order valence-electron chi connectivity index (χ0n) is 16.6. The van der Waals surface area contributed by atoms with E-state index in [-0.39, 0.29) is 0 Å². The van der Waals surface area contributed by atoms with Crippen molar-refractivity contribution >= 4 is 23.7 Å². The number of hydrogen-bond acceptors (Lipinski definition) is 9. The highest BCUT2D eigenvalue weighted by molar-refractivity contribution is 7.99. The predicted molar refractivity (Wildman–Crippen MR) is 113 cm³/mol. The molecular formula is C19H24N8OS. The molecule has 1 saturated heterocycles. The van der Waals surface area contributed by atoms with Crippen LogP contribution in [0.2, 0.25) is 0 Å². The van der Waals surface area contributed by atoms with E-state index in [2.05, 4.69) is 29.9 Å². The molecule has 2 aromatic heterocycles. The number of thioether (sulfide) groups is 1. The minimum atomic E-state index is 0.477. The first-order valence-electron chi connectivity index (χ1n) is 9.60. The SMILES string of the molecule is CN(C)c1nc(N2CCCC2)nc(-n2cnc(SCCOc3ccccc3)n2)n1. The van der Waals surface area contributed by atoms with Crippen molar-refractivity contribution in [2.45, 2.75) is 18.0 Å². The molecule has 0 N–H and O–H groups in total. The van der Waals surface area contributed by atoms with Gasteiger partial charge in [-0.05, 0) is 25.0 Å². The zero-order chi connectivity index (χ0) is 20.1. The van der Waals surface area contributed by atoms with E-state index in [9.17, 15) is 0 Å². The van der Waals surface area contributed by atoms with Crippen LogP contribution in [0.15, 0.2) is 41.8 Å². The van der Waals surface area contributed by atoms with E-state index in [1.807, 2.05) is 49.3 Å². The quantitative estimate of drug-likeness (QED) is 0.408. The van der Waals surface area contributed by atoms with E-state index in [4.69, 9.17) is 4.74 Å². The van der Waals surface area contributed by atoms with Crippen molar-refractivity contribution in [2.75, 3.05) is 49.3 Å². The van der Waals surface area contributed by atoms with Gasteiger partial charge in [0.05, 0.1) is 6.61 Å². The van der Waals surface area contributed by atoms with Gasteiger partial charge in [0.2, 0.25) is 17.1 Å². The van der Waals surface area contributed by atoms with Gasteiger partial charge in [-0.3, -0.25) is 0 Å². The van der Waals surface area contributed by atoms with Crippen LogP contribution >= 0.6 is 11.8 Å². The fourth-order valence-electron chi connectivity index (χ4n) is 2.92. The Labute approximate surface area is 174 Å². The molecule has 0 aliphatic carbocycles. The molecule has 152 valence electrons. The Balaban J connectivity index is 1.42. The summed E-state index contributed by atoms with van der Waals surface area (Å²) in [6.45, 7) is 2.52. The lowest BCUT2D eigenvalue weighted by Crippen LogP contribution is -2.24. The van der Waals surface area contributed by atoms with Crippen molar-refractivity contribution < 1.29 is 4.74 Å². The molecule has 0 saturated carbocycles. The van der Waals surface area contributed by atoms with Gasteiger partial charge in [-0.1, -0.05) is 30.0 Å². The molecule has 0 atom stereocenters. The Hall–Kier alpha value is -2.88. The lowest BCUT2D eigenvalue weighted by atomic mass is 10.3. The second-order valence-corrected chi connectivity index (χ2v) is 7.87. The van der Waals surface area contributed by atoms with Crippen LogP contribution < -0.4 is 14.5 Å². The van der Waals surface area contributed by atoms with E-state index in [1.54, 1.807) is 11.0 Å². The lowest BCUT2D eigenvalue weighted by molar-refractivity contribution is 0.344. The number of hydrogen-bond donors (Lipinski definition) is 0. The van der Waals surface area contributed by atoms with Crippen molar-refractivity contribution in [1.29, 1.82) is 0 Å². The molecule has 29 heavy (non-hydrogen) atoms. The molecule has 0 bridgehead atoms. The summed E-state index contributed by atoms with van der Waals surface area (Å²) in [5.41, 5.74) is 0. The Morgan fingerprint density at radius 1 is 1.03 bits per heavy atom. The second kappa shape index (κ2) is 9.08. The Bertz CT molecular complexity index is 927. The van der Waals surface area contributed by atoms with Gasteiger partial charge >= 0.3 is 0 Å². The standard InChI is InChI=1S/C19H24N8OS/c1-25(2)16-21-17(26-10-6-7-11-26)23-18(22-16)27-14-20-19(24-27)29-13-12-28-15-8-4-3-5-9-15/h3-5,8-9,14H,6-7,10-13H2,1-2H3. The highest BCUT2D eigenvalue weighted by Crippen LogP contribution is 2.20. The minimum Gasteiger partial charge on any atom is -0.493 e. The molecule has 1 aliphatic heterocycles. The first kappa shape index (κ1) is 19.4. The number of ether oxygens (including phenoxy) is 1. The Morgan fingerprint density at radius 3 is 2.55 bits per heavy atom. The molecule has 1 aromatic carbocycles. The van der Waals surface area contributed by atoms with Crippen molar-refractivity contribution in [1.82, 2.24) is 29.7 Å². The summed E-state index contributed by atoms with van der Waals surface area (Å²) >= 11 is 1.54. The summed E-state index contributed by atoms with van der Waals surface area (Å²) in [6, 6.07) is 9.77. The van der Waals surface area contributed by atoms with Gasteiger partial charge in [-0.25, -0.2) is 4.98 Å². The van der Waals surface area contributed by atoms with Crippen LogP contribution in [0.1, 0.15) is 12.8 Å². The van der Waals surface area contributed by atoms with Gasteiger partial charge in [0.25, 0.3) is 5.95 Å². The summed E-state index contributed by atoms with van der Waals surface area (Å²) in [4.78, 5) is 22.2. The predicted octanol–water partition coefficient (Wildman–Crippen LogP) is 2.29. The van der Waals surface area contributed by atoms with Crippen LogP contribution in [0.25, 0.3) is 5.95 Å². The van der Waals surface area contributed by atoms with Gasteiger partial charge in [0, 0.05) is 32.9 Å². The van der Waals surface area contributed by atoms with E-state index < -0.39 is 0 Å². The van der Waals surface area contributed by atoms with Crippen molar-refractivity contribution in [3.63, 3.8) is 0 Å². The van der Waals surface area contributed by atoms with Gasteiger partial charge in [0.15, 0.2) is 0 Å². The van der Waals surface area contributed by atoms with Crippen LogP contribution in [0.5, 0.6) is 5.75 Å². The van der Waals surface area contributed by atoms with E-state index in [0.717, 1.165) is 37.4 Å². The van der Waals surface area contributed by atoms with Gasteiger partial charge in [-0.15, -0.1) is 5.10 Å². The molecule has 10 heteroatoms. The molecule has 9 nitrogen and oxygen atoms in total. The molecule has 3 aromatic rings. The summed E-state index contributed by atoms with van der Waals surface area (Å²) in [7, 11) is 3.84. The monoisotopic (exact) mass is 412 g/mol. The van der Waals surface area contributed by atoms with Crippen LogP contribution in [-0.2, 0) is 0 Å². The normalized spacial score (nSPS) is 13.7. The largest absolute Gasteiger partial charge is 0.493 e. The molecule has 4 rings (SSSR count). The molecule has 1 fully saturated rings. The van der Waals surface area contributed by atoms with Crippen LogP contribution in [-0.4, -0.2) is 69.3 Å². The Kier molecular flexibility index (Phi) is 6.09. The topological polar surface area (TPSA) is 85.1 Å². The van der Waals surface area contributed by atoms with E-state index >= 15 is 0 Å². The molecule has 0 amide bonds. The van der Waals surface area contributed by atoms with Gasteiger partial charge in [-0.2, -0.15) is 19.6 Å². The average molecular weight is 413 g/mol. The van der Waals surface area contributed by atoms with Crippen molar-refractivity contribution in [2.24, 2.45) is 0 Å².